The molecule has 0 aliphatic rings. The Kier molecular flexibility index (Phi) is 22.0. The van der Waals surface area contributed by atoms with Crippen molar-refractivity contribution in [2.45, 2.75) is 123 Å². The minimum absolute atomic E-state index is 0.0404. The Labute approximate surface area is 209 Å². The van der Waals surface area contributed by atoms with E-state index in [9.17, 15) is 14.4 Å². The fourth-order valence-corrected chi connectivity index (χ4v) is 3.83. The van der Waals surface area contributed by atoms with Gasteiger partial charge in [-0.25, -0.2) is 0 Å². The van der Waals surface area contributed by atoms with Crippen molar-refractivity contribution < 1.29 is 14.4 Å². The molecule has 0 fully saturated rings. The summed E-state index contributed by atoms with van der Waals surface area (Å²) in [5.41, 5.74) is 0. The van der Waals surface area contributed by atoms with Gasteiger partial charge in [-0.15, -0.1) is 0 Å². The minimum atomic E-state index is -0.503. The van der Waals surface area contributed by atoms with Crippen molar-refractivity contribution in [1.82, 2.24) is 20.9 Å². The minimum Gasteiger partial charge on any atom is -0.356 e. The van der Waals surface area contributed by atoms with E-state index in [4.69, 9.17) is 0 Å². The first-order valence-corrected chi connectivity index (χ1v) is 13.9. The lowest BCUT2D eigenvalue weighted by molar-refractivity contribution is -0.129. The lowest BCUT2D eigenvalue weighted by atomic mass is 10.1. The second-order valence-electron chi connectivity index (χ2n) is 9.74. The van der Waals surface area contributed by atoms with Crippen LogP contribution in [0, 0.1) is 0 Å². The van der Waals surface area contributed by atoms with E-state index < -0.39 is 6.04 Å². The number of unbranched alkanes of at least 4 members (excludes halogenated alkanes) is 9. The number of carbonyl (C=O) groups is 3. The fourth-order valence-electron chi connectivity index (χ4n) is 3.83. The predicted molar refractivity (Wildman–Crippen MR) is 142 cm³/mol. The van der Waals surface area contributed by atoms with E-state index >= 15 is 0 Å². The summed E-state index contributed by atoms with van der Waals surface area (Å²) in [6.45, 7) is 6.50. The summed E-state index contributed by atoms with van der Waals surface area (Å²) < 4.78 is 0. The molecule has 7 heteroatoms. The Bertz CT molecular complexity index is 526. The molecule has 0 aromatic heterocycles. The average molecular weight is 483 g/mol. The van der Waals surface area contributed by atoms with Crippen molar-refractivity contribution in [3.8, 4) is 0 Å². The zero-order valence-electron chi connectivity index (χ0n) is 22.7. The van der Waals surface area contributed by atoms with Crippen LogP contribution >= 0.6 is 0 Å². The van der Waals surface area contributed by atoms with Crippen molar-refractivity contribution in [3.63, 3.8) is 0 Å². The number of nitrogens with one attached hydrogen (secondary N) is 3. The smallest absolute Gasteiger partial charge is 0.242 e. The normalized spacial score (nSPS) is 11.9. The van der Waals surface area contributed by atoms with E-state index in [1.807, 2.05) is 14.1 Å². The average Bonchev–Trinajstić information content (AvgIpc) is 2.80. The summed E-state index contributed by atoms with van der Waals surface area (Å²) >= 11 is 0. The van der Waals surface area contributed by atoms with Crippen LogP contribution in [0.4, 0.5) is 0 Å². The van der Waals surface area contributed by atoms with Gasteiger partial charge >= 0.3 is 0 Å². The quantitative estimate of drug-likeness (QED) is 0.186. The van der Waals surface area contributed by atoms with Gasteiger partial charge < -0.3 is 20.9 Å². The summed E-state index contributed by atoms with van der Waals surface area (Å²) in [6.07, 6.45) is 15.3. The van der Waals surface area contributed by atoms with Gasteiger partial charge in [0.1, 0.15) is 6.04 Å². The molecule has 0 saturated heterocycles. The number of hydrogen-bond donors (Lipinski definition) is 3. The molecule has 200 valence electrons. The van der Waals surface area contributed by atoms with Gasteiger partial charge in [0.05, 0.1) is 0 Å². The van der Waals surface area contributed by atoms with E-state index in [1.54, 1.807) is 0 Å². The van der Waals surface area contributed by atoms with E-state index in [-0.39, 0.29) is 17.7 Å². The SMILES string of the molecule is CCCCCCCC(=O)NCCCCC(NC(=O)CCCCCCC)C(=O)NCCCN(C)C. The summed E-state index contributed by atoms with van der Waals surface area (Å²) in [5.74, 6) is -0.0291. The lowest BCUT2D eigenvalue weighted by Crippen LogP contribution is -2.47. The maximum atomic E-state index is 12.7. The summed E-state index contributed by atoms with van der Waals surface area (Å²) in [4.78, 5) is 39.1. The highest BCUT2D eigenvalue weighted by molar-refractivity contribution is 5.87. The first kappa shape index (κ1) is 32.4. The Morgan fingerprint density at radius 2 is 1.21 bits per heavy atom. The van der Waals surface area contributed by atoms with Gasteiger partial charge in [-0.1, -0.05) is 65.2 Å². The van der Waals surface area contributed by atoms with Crippen molar-refractivity contribution in [1.29, 1.82) is 0 Å². The third-order valence-electron chi connectivity index (χ3n) is 5.99. The first-order valence-electron chi connectivity index (χ1n) is 13.9. The second-order valence-corrected chi connectivity index (χ2v) is 9.74. The third-order valence-corrected chi connectivity index (χ3v) is 5.99. The van der Waals surface area contributed by atoms with Crippen molar-refractivity contribution in [3.05, 3.63) is 0 Å². The third kappa shape index (κ3) is 20.9. The molecule has 0 heterocycles. The molecule has 1 atom stereocenters. The van der Waals surface area contributed by atoms with Crippen LogP contribution in [0.2, 0.25) is 0 Å². The van der Waals surface area contributed by atoms with Crippen molar-refractivity contribution in [2.24, 2.45) is 0 Å². The second kappa shape index (κ2) is 23.1. The van der Waals surface area contributed by atoms with Gasteiger partial charge in [0.15, 0.2) is 0 Å². The monoisotopic (exact) mass is 482 g/mol. The molecule has 0 spiro atoms. The molecule has 0 aliphatic carbocycles. The maximum Gasteiger partial charge on any atom is 0.242 e. The summed E-state index contributed by atoms with van der Waals surface area (Å²) in [7, 11) is 4.02. The zero-order chi connectivity index (χ0) is 25.4. The fraction of sp³-hybridized carbons (Fsp3) is 0.889. The van der Waals surface area contributed by atoms with Crippen LogP contribution in [-0.2, 0) is 14.4 Å². The van der Waals surface area contributed by atoms with Crippen LogP contribution in [-0.4, -0.2) is 62.4 Å². The Morgan fingerprint density at radius 1 is 0.647 bits per heavy atom. The van der Waals surface area contributed by atoms with E-state index in [0.717, 1.165) is 57.9 Å². The van der Waals surface area contributed by atoms with Gasteiger partial charge in [-0.05, 0) is 59.2 Å². The zero-order valence-corrected chi connectivity index (χ0v) is 22.7. The Morgan fingerprint density at radius 3 is 1.79 bits per heavy atom. The largest absolute Gasteiger partial charge is 0.356 e. The molecule has 0 aromatic carbocycles. The number of rotatable bonds is 23. The highest BCUT2D eigenvalue weighted by Gasteiger charge is 2.20. The molecule has 0 radical (unpaired) electrons. The van der Waals surface area contributed by atoms with Gasteiger partial charge in [-0.3, -0.25) is 14.4 Å². The molecule has 1 unspecified atom stereocenters. The highest BCUT2D eigenvalue weighted by Crippen LogP contribution is 2.07. The topological polar surface area (TPSA) is 90.5 Å². The lowest BCUT2D eigenvalue weighted by Gasteiger charge is -2.19. The van der Waals surface area contributed by atoms with Gasteiger partial charge in [0, 0.05) is 25.9 Å². The molecule has 0 aliphatic heterocycles. The first-order chi connectivity index (χ1) is 16.4. The molecule has 0 saturated carbocycles. The standard InChI is InChI=1S/C27H54N4O3/c1-5-7-9-11-13-19-25(32)28-21-16-15-18-24(27(34)29-22-17-23-31(3)4)30-26(33)20-14-12-10-8-6-2/h24H,5-23H2,1-4H3,(H,28,32)(H,29,34)(H,30,33). The van der Waals surface area contributed by atoms with Crippen LogP contribution in [0.3, 0.4) is 0 Å². The van der Waals surface area contributed by atoms with E-state index in [1.165, 1.54) is 32.1 Å². The van der Waals surface area contributed by atoms with Crippen LogP contribution in [0.1, 0.15) is 117 Å². The number of hydrogen-bond acceptors (Lipinski definition) is 4. The van der Waals surface area contributed by atoms with Gasteiger partial charge in [-0.2, -0.15) is 0 Å². The molecule has 0 rings (SSSR count). The number of carbonyl (C=O) groups excluding carboxylic acids is 3. The van der Waals surface area contributed by atoms with Crippen LogP contribution in [0.15, 0.2) is 0 Å². The van der Waals surface area contributed by atoms with Crippen molar-refractivity contribution >= 4 is 17.7 Å². The molecule has 3 amide bonds. The predicted octanol–water partition coefficient (Wildman–Crippen LogP) is 4.55. The molecule has 3 N–H and O–H groups in total. The molecule has 0 bridgehead atoms. The molecular weight excluding hydrogens is 428 g/mol. The number of amides is 3. The summed E-state index contributed by atoms with van der Waals surface area (Å²) in [5, 5.41) is 8.91. The summed E-state index contributed by atoms with van der Waals surface area (Å²) in [6, 6.07) is -0.503. The Balaban J connectivity index is 4.30. The van der Waals surface area contributed by atoms with Crippen LogP contribution in [0.5, 0.6) is 0 Å². The molecule has 7 nitrogen and oxygen atoms in total. The van der Waals surface area contributed by atoms with Crippen LogP contribution in [0.25, 0.3) is 0 Å². The number of nitrogens with zero attached hydrogens (tertiary/aromatic N) is 1. The van der Waals surface area contributed by atoms with E-state index in [0.29, 0.717) is 32.4 Å². The van der Waals surface area contributed by atoms with E-state index in [2.05, 4.69) is 34.7 Å². The van der Waals surface area contributed by atoms with Gasteiger partial charge in [0.25, 0.3) is 0 Å². The molecular formula is C27H54N4O3. The van der Waals surface area contributed by atoms with Crippen molar-refractivity contribution in [2.75, 3.05) is 33.7 Å². The maximum absolute atomic E-state index is 12.7. The molecule has 0 aromatic rings. The molecule has 34 heavy (non-hydrogen) atoms. The van der Waals surface area contributed by atoms with Crippen LogP contribution < -0.4 is 16.0 Å². The van der Waals surface area contributed by atoms with Gasteiger partial charge in [0.2, 0.25) is 17.7 Å². The highest BCUT2D eigenvalue weighted by atomic mass is 16.2. The Hall–Kier alpha value is -1.63.